The summed E-state index contributed by atoms with van der Waals surface area (Å²) in [7, 11) is 0. The van der Waals surface area contributed by atoms with Crippen LogP contribution >= 0.6 is 0 Å². The molecule has 1 atom stereocenters. The summed E-state index contributed by atoms with van der Waals surface area (Å²) in [5.74, 6) is -0.252. The summed E-state index contributed by atoms with van der Waals surface area (Å²) in [6, 6.07) is 17.4. The molecule has 0 aliphatic carbocycles. The van der Waals surface area contributed by atoms with Gasteiger partial charge in [-0.15, -0.1) is 10.2 Å². The molecule has 0 aliphatic rings. The number of nitro groups is 1. The number of aromatic hydroxyl groups is 1. The summed E-state index contributed by atoms with van der Waals surface area (Å²) in [5, 5.41) is 31.8. The lowest BCUT2D eigenvalue weighted by Gasteiger charge is -2.11. The van der Waals surface area contributed by atoms with E-state index in [1.54, 1.807) is 24.3 Å². The molecule has 0 aliphatic heterocycles. The average molecular weight is 422 g/mol. The van der Waals surface area contributed by atoms with E-state index in [2.05, 4.69) is 10.2 Å². The van der Waals surface area contributed by atoms with E-state index in [1.165, 1.54) is 30.3 Å². The number of non-ortho nitro benzene ring substituents is 1. The normalized spacial score (nSPS) is 12.4. The summed E-state index contributed by atoms with van der Waals surface area (Å²) in [5.41, 5.74) is -0.0504. The number of hydrogen-bond acceptors (Lipinski definition) is 8. The minimum Gasteiger partial charge on any atom is -0.740 e. The second-order valence-electron chi connectivity index (χ2n) is 6.18. The maximum atomic E-state index is 11.3. The lowest BCUT2D eigenvalue weighted by atomic mass is 10.1. The highest BCUT2D eigenvalue weighted by Crippen LogP contribution is 2.42. The van der Waals surface area contributed by atoms with Gasteiger partial charge in [-0.05, 0) is 23.6 Å². The van der Waals surface area contributed by atoms with Crippen molar-refractivity contribution in [3.05, 3.63) is 76.8 Å². The summed E-state index contributed by atoms with van der Waals surface area (Å²) in [6.45, 7) is 0. The smallest absolute Gasteiger partial charge is 0.277 e. The van der Waals surface area contributed by atoms with Crippen LogP contribution in [0, 0.1) is 10.1 Å². The third-order valence-corrected chi connectivity index (χ3v) is 4.78. The summed E-state index contributed by atoms with van der Waals surface area (Å²) >= 11 is -2.89. The molecule has 4 aromatic rings. The number of nitrogens with zero attached hydrogens (tertiary/aromatic N) is 3. The van der Waals surface area contributed by atoms with Crippen molar-refractivity contribution < 1.29 is 23.0 Å². The van der Waals surface area contributed by atoms with Gasteiger partial charge in [-0.3, -0.25) is 10.1 Å². The molecule has 0 radical (unpaired) electrons. The molecule has 0 amide bonds. The zero-order chi connectivity index (χ0) is 21.3. The molecule has 1 N–H and O–H groups in total. The van der Waals surface area contributed by atoms with Gasteiger partial charge in [-0.2, -0.15) is 0 Å². The molecule has 9 nitrogen and oxygen atoms in total. The fourth-order valence-electron chi connectivity index (χ4n) is 3.14. The molecular formula is C20H12N3O6S-. The molecule has 0 fully saturated rings. The van der Waals surface area contributed by atoms with Crippen LogP contribution < -0.4 is 4.18 Å². The van der Waals surface area contributed by atoms with Crippen LogP contribution in [-0.2, 0) is 11.4 Å². The molecule has 0 saturated carbocycles. The minimum atomic E-state index is -2.89. The lowest BCUT2D eigenvalue weighted by Crippen LogP contribution is -1.98. The minimum absolute atomic E-state index is 0.0204. The Kier molecular flexibility index (Phi) is 5.09. The molecule has 0 heterocycles. The second kappa shape index (κ2) is 7.85. The van der Waals surface area contributed by atoms with Gasteiger partial charge in [0.1, 0.15) is 22.7 Å². The zero-order valence-electron chi connectivity index (χ0n) is 15.1. The predicted octanol–water partition coefficient (Wildman–Crippen LogP) is 5.20. The number of fused-ring (bicyclic) bond motifs is 2. The highest BCUT2D eigenvalue weighted by Gasteiger charge is 2.17. The van der Waals surface area contributed by atoms with E-state index in [9.17, 15) is 24.0 Å². The number of phenols is 1. The Hall–Kier alpha value is -3.89. The maximum Gasteiger partial charge on any atom is 0.277 e. The van der Waals surface area contributed by atoms with Crippen LogP contribution in [0.1, 0.15) is 0 Å². The van der Waals surface area contributed by atoms with E-state index in [-0.39, 0.29) is 39.3 Å². The van der Waals surface area contributed by atoms with E-state index in [0.29, 0.717) is 5.39 Å². The summed E-state index contributed by atoms with van der Waals surface area (Å²) < 4.78 is 26.9. The molecule has 0 spiro atoms. The SMILES string of the molecule is O=[N+]([O-])c1cccc2c(N=Nc3ccc4ccccc4c3O)c(OS(=O)[O-])ccc12. The average Bonchev–Trinajstić information content (AvgIpc) is 2.73. The Labute approximate surface area is 171 Å². The first-order valence-corrected chi connectivity index (χ1v) is 9.56. The summed E-state index contributed by atoms with van der Waals surface area (Å²) in [6.07, 6.45) is 0. The third-order valence-electron chi connectivity index (χ3n) is 4.46. The van der Waals surface area contributed by atoms with Crippen molar-refractivity contribution in [2.45, 2.75) is 0 Å². The molecule has 150 valence electrons. The predicted molar refractivity (Wildman–Crippen MR) is 110 cm³/mol. The second-order valence-corrected chi connectivity index (χ2v) is 6.76. The Morgan fingerprint density at radius 2 is 1.67 bits per heavy atom. The molecular weight excluding hydrogens is 410 g/mol. The van der Waals surface area contributed by atoms with E-state index >= 15 is 0 Å². The molecule has 4 aromatic carbocycles. The van der Waals surface area contributed by atoms with Gasteiger partial charge in [0.25, 0.3) is 5.69 Å². The Balaban J connectivity index is 1.90. The molecule has 4 rings (SSSR count). The third kappa shape index (κ3) is 3.56. The van der Waals surface area contributed by atoms with Crippen LogP contribution in [0.5, 0.6) is 11.5 Å². The van der Waals surface area contributed by atoms with Crippen LogP contribution in [0.2, 0.25) is 0 Å². The maximum absolute atomic E-state index is 11.3. The lowest BCUT2D eigenvalue weighted by molar-refractivity contribution is -0.383. The summed E-state index contributed by atoms with van der Waals surface area (Å²) in [4.78, 5) is 10.8. The van der Waals surface area contributed by atoms with Gasteiger partial charge in [0.15, 0.2) is 11.5 Å². The van der Waals surface area contributed by atoms with Crippen LogP contribution in [0.25, 0.3) is 21.5 Å². The van der Waals surface area contributed by atoms with Crippen molar-refractivity contribution in [2.24, 2.45) is 10.2 Å². The van der Waals surface area contributed by atoms with Crippen LogP contribution in [-0.4, -0.2) is 18.8 Å². The van der Waals surface area contributed by atoms with Crippen LogP contribution in [0.15, 0.2) is 77.0 Å². The van der Waals surface area contributed by atoms with E-state index in [0.717, 1.165) is 5.39 Å². The number of benzene rings is 4. The molecule has 10 heteroatoms. The first-order valence-electron chi connectivity index (χ1n) is 8.56. The van der Waals surface area contributed by atoms with Crippen LogP contribution in [0.3, 0.4) is 0 Å². The van der Waals surface area contributed by atoms with Gasteiger partial charge in [0.2, 0.25) is 0 Å². The number of nitro benzene ring substituents is 1. The molecule has 30 heavy (non-hydrogen) atoms. The highest BCUT2D eigenvalue weighted by atomic mass is 32.2. The van der Waals surface area contributed by atoms with Gasteiger partial charge in [0, 0.05) is 16.8 Å². The highest BCUT2D eigenvalue weighted by molar-refractivity contribution is 7.74. The fourth-order valence-corrected chi connectivity index (χ4v) is 3.42. The van der Waals surface area contributed by atoms with Gasteiger partial charge in [-0.25, -0.2) is 4.21 Å². The number of azo groups is 1. The molecule has 0 aromatic heterocycles. The van der Waals surface area contributed by atoms with E-state index in [4.69, 9.17) is 4.18 Å². The Bertz CT molecular complexity index is 1360. The fraction of sp³-hybridized carbons (Fsp3) is 0. The number of rotatable bonds is 5. The van der Waals surface area contributed by atoms with Crippen molar-refractivity contribution in [3.8, 4) is 11.5 Å². The molecule has 1 unspecified atom stereocenters. The number of hydrogen-bond donors (Lipinski definition) is 1. The topological polar surface area (TPSA) is 137 Å². The van der Waals surface area contributed by atoms with E-state index < -0.39 is 16.3 Å². The standard InChI is InChI=1S/C20H13N3O6S/c24-20-13-5-2-1-4-12(13)8-10-16(20)21-22-19-15-6-3-7-17(23(25)26)14(15)9-11-18(19)29-30(27)28/h1-11,24H,(H,27,28)/p-1. The monoisotopic (exact) mass is 422 g/mol. The van der Waals surface area contributed by atoms with Gasteiger partial charge < -0.3 is 13.8 Å². The molecule has 0 bridgehead atoms. The number of phenolic OH excluding ortho intramolecular Hbond substituents is 1. The van der Waals surface area contributed by atoms with Gasteiger partial charge in [0.05, 0.1) is 10.3 Å². The van der Waals surface area contributed by atoms with Gasteiger partial charge >= 0.3 is 0 Å². The van der Waals surface area contributed by atoms with E-state index in [1.807, 2.05) is 12.1 Å². The van der Waals surface area contributed by atoms with Crippen molar-refractivity contribution in [1.29, 1.82) is 0 Å². The largest absolute Gasteiger partial charge is 0.740 e. The van der Waals surface area contributed by atoms with Crippen molar-refractivity contribution >= 4 is 50.0 Å². The molecule has 0 saturated heterocycles. The first-order chi connectivity index (χ1) is 14.5. The van der Waals surface area contributed by atoms with Crippen molar-refractivity contribution in [3.63, 3.8) is 0 Å². The van der Waals surface area contributed by atoms with Crippen molar-refractivity contribution in [2.75, 3.05) is 0 Å². The zero-order valence-corrected chi connectivity index (χ0v) is 15.9. The van der Waals surface area contributed by atoms with Crippen molar-refractivity contribution in [1.82, 2.24) is 0 Å². The quantitative estimate of drug-likeness (QED) is 0.203. The van der Waals surface area contributed by atoms with Crippen LogP contribution in [0.4, 0.5) is 17.1 Å². The Morgan fingerprint density at radius 3 is 2.43 bits per heavy atom. The Morgan fingerprint density at radius 1 is 0.900 bits per heavy atom. The van der Waals surface area contributed by atoms with Gasteiger partial charge in [-0.1, -0.05) is 42.5 Å². The first kappa shape index (κ1) is 19.4.